The number of rotatable bonds is 4. The van der Waals surface area contributed by atoms with Gasteiger partial charge in [-0.3, -0.25) is 9.59 Å². The number of halogens is 3. The number of aliphatic hydroxyl groups excluding tert-OH is 1. The highest BCUT2D eigenvalue weighted by molar-refractivity contribution is 5.97. The normalized spacial score (nSPS) is 21.0. The van der Waals surface area contributed by atoms with Crippen molar-refractivity contribution in [3.05, 3.63) is 29.8 Å². The number of hydrogen-bond acceptors (Lipinski definition) is 3. The molecule has 0 spiro atoms. The summed E-state index contributed by atoms with van der Waals surface area (Å²) in [6, 6.07) is 5.43. The van der Waals surface area contributed by atoms with Gasteiger partial charge in [-0.2, -0.15) is 13.2 Å². The third-order valence-electron chi connectivity index (χ3n) is 3.94. The molecule has 0 bridgehead atoms. The van der Waals surface area contributed by atoms with Gasteiger partial charge in [-0.05, 0) is 18.1 Å². The number of amides is 2. The van der Waals surface area contributed by atoms with E-state index in [9.17, 15) is 27.9 Å². The first-order valence-electron chi connectivity index (χ1n) is 7.58. The lowest BCUT2D eigenvalue weighted by molar-refractivity contribution is -0.135. The number of likely N-dealkylation sites (tertiary alicyclic amines) is 1. The number of aryl methyl sites for hydroxylation is 1. The van der Waals surface area contributed by atoms with Gasteiger partial charge in [0.1, 0.15) is 6.04 Å². The van der Waals surface area contributed by atoms with Crippen LogP contribution in [0.3, 0.4) is 0 Å². The molecule has 1 aliphatic rings. The third kappa shape index (κ3) is 4.70. The summed E-state index contributed by atoms with van der Waals surface area (Å²) < 4.78 is 37.2. The molecule has 2 amide bonds. The molecule has 2 N–H and O–H groups in total. The van der Waals surface area contributed by atoms with Crippen LogP contribution in [0, 0.1) is 0 Å². The van der Waals surface area contributed by atoms with Crippen LogP contribution in [0.15, 0.2) is 24.3 Å². The summed E-state index contributed by atoms with van der Waals surface area (Å²) in [5, 5.41) is 12.2. The Balaban J connectivity index is 2.10. The molecule has 0 aromatic heterocycles. The first-order chi connectivity index (χ1) is 11.2. The Labute approximate surface area is 137 Å². The van der Waals surface area contributed by atoms with E-state index in [2.05, 4.69) is 5.32 Å². The molecule has 132 valence electrons. The number of nitrogens with zero attached hydrogens (tertiary/aromatic N) is 1. The zero-order valence-corrected chi connectivity index (χ0v) is 13.1. The summed E-state index contributed by atoms with van der Waals surface area (Å²) in [7, 11) is 0. The van der Waals surface area contributed by atoms with Crippen LogP contribution in [0.2, 0.25) is 0 Å². The highest BCUT2D eigenvalue weighted by Crippen LogP contribution is 2.26. The van der Waals surface area contributed by atoms with E-state index >= 15 is 0 Å². The number of carbonyl (C=O) groups is 2. The van der Waals surface area contributed by atoms with Gasteiger partial charge in [-0.15, -0.1) is 0 Å². The Kier molecular flexibility index (Phi) is 5.48. The Hall–Kier alpha value is -2.09. The van der Waals surface area contributed by atoms with Crippen molar-refractivity contribution in [3.8, 4) is 0 Å². The Morgan fingerprint density at radius 1 is 1.33 bits per heavy atom. The number of benzene rings is 1. The van der Waals surface area contributed by atoms with E-state index in [0.29, 0.717) is 5.56 Å². The fraction of sp³-hybridized carbons (Fsp3) is 0.500. The number of nitrogens with one attached hydrogen (secondary N) is 1. The van der Waals surface area contributed by atoms with Gasteiger partial charge in [0.15, 0.2) is 0 Å². The largest absolute Gasteiger partial charge is 0.391 e. The highest BCUT2D eigenvalue weighted by Gasteiger charge is 2.37. The van der Waals surface area contributed by atoms with Crippen LogP contribution in [-0.4, -0.2) is 46.7 Å². The molecule has 24 heavy (non-hydrogen) atoms. The molecule has 1 saturated heterocycles. The van der Waals surface area contributed by atoms with E-state index in [-0.39, 0.29) is 31.0 Å². The van der Waals surface area contributed by atoms with Crippen molar-refractivity contribution < 1.29 is 27.9 Å². The summed E-state index contributed by atoms with van der Waals surface area (Å²) in [6.45, 7) is 1.37. The first-order valence-corrected chi connectivity index (χ1v) is 7.58. The smallest absolute Gasteiger partial charge is 0.389 e. The number of anilines is 1. The molecular weight excluding hydrogens is 325 g/mol. The SMILES string of the molecule is CC(=O)N1C[C@@H](O)C[C@@H]1C(=O)Nc1ccccc1CCC(F)(F)F. The summed E-state index contributed by atoms with van der Waals surface area (Å²) in [5.41, 5.74) is 0.660. The Morgan fingerprint density at radius 3 is 2.62 bits per heavy atom. The topological polar surface area (TPSA) is 69.6 Å². The van der Waals surface area contributed by atoms with E-state index in [4.69, 9.17) is 0 Å². The van der Waals surface area contributed by atoms with E-state index in [1.807, 2.05) is 0 Å². The quantitative estimate of drug-likeness (QED) is 0.879. The molecule has 1 heterocycles. The second-order valence-electron chi connectivity index (χ2n) is 5.84. The van der Waals surface area contributed by atoms with Crippen molar-refractivity contribution >= 4 is 17.5 Å². The van der Waals surface area contributed by atoms with Crippen LogP contribution < -0.4 is 5.32 Å². The van der Waals surface area contributed by atoms with E-state index in [1.54, 1.807) is 12.1 Å². The van der Waals surface area contributed by atoms with E-state index < -0.39 is 30.7 Å². The molecule has 1 aromatic rings. The predicted octanol–water partition coefficient (Wildman–Crippen LogP) is 2.10. The maximum Gasteiger partial charge on any atom is 0.389 e. The van der Waals surface area contributed by atoms with Crippen molar-refractivity contribution in [2.75, 3.05) is 11.9 Å². The van der Waals surface area contributed by atoms with Crippen LogP contribution in [-0.2, 0) is 16.0 Å². The van der Waals surface area contributed by atoms with Crippen molar-refractivity contribution in [3.63, 3.8) is 0 Å². The monoisotopic (exact) mass is 344 g/mol. The van der Waals surface area contributed by atoms with Gasteiger partial charge in [-0.1, -0.05) is 18.2 Å². The standard InChI is InChI=1S/C16H19F3N2O3/c1-10(22)21-9-12(23)8-14(21)15(24)20-13-5-3-2-4-11(13)6-7-16(17,18)19/h2-5,12,14,23H,6-9H2,1H3,(H,20,24)/t12-,14+/m0/s1. The van der Waals surface area contributed by atoms with E-state index in [0.717, 1.165) is 0 Å². The van der Waals surface area contributed by atoms with Crippen molar-refractivity contribution in [1.29, 1.82) is 0 Å². The fourth-order valence-corrected chi connectivity index (χ4v) is 2.76. The minimum Gasteiger partial charge on any atom is -0.391 e. The Bertz CT molecular complexity index is 619. The highest BCUT2D eigenvalue weighted by atomic mass is 19.4. The lowest BCUT2D eigenvalue weighted by atomic mass is 10.1. The maximum absolute atomic E-state index is 12.4. The molecule has 8 heteroatoms. The molecule has 0 aliphatic carbocycles. The van der Waals surface area contributed by atoms with Crippen LogP contribution in [0.4, 0.5) is 18.9 Å². The lowest BCUT2D eigenvalue weighted by Crippen LogP contribution is -2.42. The molecule has 5 nitrogen and oxygen atoms in total. The van der Waals surface area contributed by atoms with Gasteiger partial charge < -0.3 is 15.3 Å². The van der Waals surface area contributed by atoms with Gasteiger partial charge in [0.25, 0.3) is 0 Å². The molecule has 2 atom stereocenters. The fourth-order valence-electron chi connectivity index (χ4n) is 2.76. The average Bonchev–Trinajstić information content (AvgIpc) is 2.88. The minimum absolute atomic E-state index is 0.0726. The average molecular weight is 344 g/mol. The Morgan fingerprint density at radius 2 is 2.00 bits per heavy atom. The van der Waals surface area contributed by atoms with Crippen molar-refractivity contribution in [2.24, 2.45) is 0 Å². The molecule has 0 saturated carbocycles. The number of aliphatic hydroxyl groups is 1. The van der Waals surface area contributed by atoms with Crippen LogP contribution in [0.5, 0.6) is 0 Å². The number of hydrogen-bond donors (Lipinski definition) is 2. The molecule has 0 radical (unpaired) electrons. The van der Waals surface area contributed by atoms with Crippen LogP contribution in [0.1, 0.15) is 25.3 Å². The molecule has 2 rings (SSSR count). The molecule has 1 fully saturated rings. The lowest BCUT2D eigenvalue weighted by Gasteiger charge is -2.22. The van der Waals surface area contributed by atoms with Crippen LogP contribution >= 0.6 is 0 Å². The zero-order chi connectivity index (χ0) is 17.9. The maximum atomic E-state index is 12.4. The molecule has 1 aliphatic heterocycles. The van der Waals surface area contributed by atoms with E-state index in [1.165, 1.54) is 24.0 Å². The second-order valence-corrected chi connectivity index (χ2v) is 5.84. The van der Waals surface area contributed by atoms with Gasteiger partial charge >= 0.3 is 6.18 Å². The number of alkyl halides is 3. The minimum atomic E-state index is -4.28. The summed E-state index contributed by atoms with van der Waals surface area (Å²) in [4.78, 5) is 25.2. The van der Waals surface area contributed by atoms with Gasteiger partial charge in [-0.25, -0.2) is 0 Å². The summed E-state index contributed by atoms with van der Waals surface area (Å²) in [6.07, 6.45) is -6.19. The molecule has 0 unspecified atom stereocenters. The first kappa shape index (κ1) is 18.3. The number of carbonyl (C=O) groups excluding carboxylic acids is 2. The van der Waals surface area contributed by atoms with Crippen molar-refractivity contribution in [2.45, 2.75) is 44.5 Å². The second kappa shape index (κ2) is 7.21. The summed E-state index contributed by atoms with van der Waals surface area (Å²) in [5.74, 6) is -0.849. The molecular formula is C16H19F3N2O3. The van der Waals surface area contributed by atoms with Crippen molar-refractivity contribution in [1.82, 2.24) is 4.90 Å². The zero-order valence-electron chi connectivity index (χ0n) is 13.1. The van der Waals surface area contributed by atoms with Gasteiger partial charge in [0.05, 0.1) is 6.10 Å². The predicted molar refractivity (Wildman–Crippen MR) is 81.2 cm³/mol. The van der Waals surface area contributed by atoms with Gasteiger partial charge in [0.2, 0.25) is 11.8 Å². The molecule has 1 aromatic carbocycles. The third-order valence-corrected chi connectivity index (χ3v) is 3.94. The van der Waals surface area contributed by atoms with Crippen LogP contribution in [0.25, 0.3) is 0 Å². The number of β-amino-alcohol motifs (C(OH)–C–C–N with tert-alkyl or cyclic N) is 1. The number of para-hydroxylation sites is 1. The summed E-state index contributed by atoms with van der Waals surface area (Å²) >= 11 is 0. The van der Waals surface area contributed by atoms with Gasteiger partial charge in [0, 0.05) is 32.0 Å².